The van der Waals surface area contributed by atoms with Gasteiger partial charge in [-0.1, -0.05) is 17.3 Å². The first-order valence-corrected chi connectivity index (χ1v) is 15.2. The lowest BCUT2D eigenvalue weighted by Gasteiger charge is -2.29. The summed E-state index contributed by atoms with van der Waals surface area (Å²) in [5, 5.41) is 0. The van der Waals surface area contributed by atoms with Gasteiger partial charge in [-0.05, 0) is 55.3 Å². The predicted molar refractivity (Wildman–Crippen MR) is 137 cm³/mol. The van der Waals surface area contributed by atoms with Crippen molar-refractivity contribution in [2.45, 2.75) is 29.2 Å². The van der Waals surface area contributed by atoms with Crippen LogP contribution in [0.4, 0.5) is 0 Å². The van der Waals surface area contributed by atoms with Crippen LogP contribution in [0.15, 0.2) is 57.2 Å². The second kappa shape index (κ2) is 10.2. The fourth-order valence-corrected chi connectivity index (χ4v) is 7.30. The highest BCUT2D eigenvalue weighted by atomic mass is 32.2. The lowest BCUT2D eigenvalue weighted by Crippen LogP contribution is -2.40. The second-order valence-electron chi connectivity index (χ2n) is 8.38. The number of sulfonamides is 1. The van der Waals surface area contributed by atoms with E-state index in [9.17, 15) is 21.6 Å². The normalized spacial score (nSPS) is 16.2. The van der Waals surface area contributed by atoms with Gasteiger partial charge in [-0.2, -0.15) is 9.30 Å². The van der Waals surface area contributed by atoms with Gasteiger partial charge in [0, 0.05) is 25.3 Å². The zero-order valence-electron chi connectivity index (χ0n) is 19.7. The first-order chi connectivity index (χ1) is 17.0. The van der Waals surface area contributed by atoms with E-state index in [1.807, 2.05) is 0 Å². The number of terminal acetylenes is 1. The fourth-order valence-electron chi connectivity index (χ4n) is 4.04. The number of carbonyl (C=O) groups excluding carboxylic acids is 1. The molecular formula is C24H25N3O6S3. The summed E-state index contributed by atoms with van der Waals surface area (Å²) in [6.07, 6.45) is 7.33. The Kier molecular flexibility index (Phi) is 7.38. The number of piperidine rings is 1. The highest BCUT2D eigenvalue weighted by Crippen LogP contribution is 2.26. The van der Waals surface area contributed by atoms with E-state index in [0.29, 0.717) is 33.6 Å². The predicted octanol–water partition coefficient (Wildman–Crippen LogP) is 2.28. The minimum Gasteiger partial charge on any atom is -0.497 e. The number of nitrogens with zero attached hydrogens (tertiary/aromatic N) is 3. The third kappa shape index (κ3) is 5.24. The average Bonchev–Trinajstić information content (AvgIpc) is 3.20. The van der Waals surface area contributed by atoms with Gasteiger partial charge in [-0.15, -0.1) is 6.42 Å². The Morgan fingerprint density at radius 1 is 1.11 bits per heavy atom. The fraction of sp³-hybridized carbons (Fsp3) is 0.333. The SMILES string of the molecule is C#CCn1c(=NC(=O)C2CCN(S(=O)(=O)c3ccc(OC)cc3)CC2)sc2cc(S(C)(=O)=O)ccc21. The molecule has 0 radical (unpaired) electrons. The molecule has 190 valence electrons. The first kappa shape index (κ1) is 26.1. The molecule has 0 saturated carbocycles. The molecule has 12 heteroatoms. The van der Waals surface area contributed by atoms with Gasteiger partial charge in [0.1, 0.15) is 5.75 Å². The van der Waals surface area contributed by atoms with Crippen LogP contribution in [0.5, 0.6) is 5.75 Å². The molecule has 36 heavy (non-hydrogen) atoms. The number of methoxy groups -OCH3 is 1. The Balaban J connectivity index is 1.55. The van der Waals surface area contributed by atoms with Crippen LogP contribution in [0.1, 0.15) is 12.8 Å². The number of carbonyl (C=O) groups is 1. The molecule has 1 amide bonds. The van der Waals surface area contributed by atoms with Crippen molar-refractivity contribution < 1.29 is 26.4 Å². The second-order valence-corrected chi connectivity index (χ2v) is 13.3. The summed E-state index contributed by atoms with van der Waals surface area (Å²) in [5.41, 5.74) is 0.692. The summed E-state index contributed by atoms with van der Waals surface area (Å²) < 4.78 is 58.6. The van der Waals surface area contributed by atoms with E-state index >= 15 is 0 Å². The van der Waals surface area contributed by atoms with E-state index in [1.54, 1.807) is 28.8 Å². The standard InChI is InChI=1S/C24H25N3O6S3/c1-4-13-27-21-10-9-20(35(3,29)30)16-22(21)34-24(27)25-23(28)17-11-14-26(15-12-17)36(31,32)19-7-5-18(33-2)6-8-19/h1,5-10,16-17H,11-15H2,2-3H3. The van der Waals surface area contributed by atoms with E-state index in [-0.39, 0.29) is 35.3 Å². The Morgan fingerprint density at radius 2 is 1.75 bits per heavy atom. The largest absolute Gasteiger partial charge is 0.497 e. The lowest BCUT2D eigenvalue weighted by molar-refractivity contribution is -0.122. The lowest BCUT2D eigenvalue weighted by atomic mass is 9.98. The molecule has 4 rings (SSSR count). The van der Waals surface area contributed by atoms with Gasteiger partial charge in [0.15, 0.2) is 14.6 Å². The molecule has 3 aromatic rings. The van der Waals surface area contributed by atoms with Crippen LogP contribution in [-0.2, 0) is 31.2 Å². The molecule has 0 bridgehead atoms. The summed E-state index contributed by atoms with van der Waals surface area (Å²) in [4.78, 5) is 18.1. The van der Waals surface area contributed by atoms with Crippen LogP contribution in [0.2, 0.25) is 0 Å². The van der Waals surface area contributed by atoms with E-state index in [1.165, 1.54) is 41.0 Å². The van der Waals surface area contributed by atoms with Crippen LogP contribution >= 0.6 is 11.3 Å². The molecule has 1 aliphatic heterocycles. The van der Waals surface area contributed by atoms with Crippen LogP contribution in [0, 0.1) is 18.3 Å². The molecule has 1 aliphatic rings. The smallest absolute Gasteiger partial charge is 0.251 e. The summed E-state index contributed by atoms with van der Waals surface area (Å²) in [6.45, 7) is 0.576. The highest BCUT2D eigenvalue weighted by Gasteiger charge is 2.32. The van der Waals surface area contributed by atoms with Crippen LogP contribution in [-0.4, -0.2) is 58.1 Å². The van der Waals surface area contributed by atoms with Crippen LogP contribution in [0.25, 0.3) is 10.2 Å². The summed E-state index contributed by atoms with van der Waals surface area (Å²) in [6, 6.07) is 10.9. The Bertz CT molecular complexity index is 1620. The summed E-state index contributed by atoms with van der Waals surface area (Å²) in [5.74, 6) is 2.33. The van der Waals surface area contributed by atoms with E-state index in [2.05, 4.69) is 10.9 Å². The molecular weight excluding hydrogens is 522 g/mol. The highest BCUT2D eigenvalue weighted by molar-refractivity contribution is 7.90. The van der Waals surface area contributed by atoms with Crippen LogP contribution < -0.4 is 9.54 Å². The van der Waals surface area contributed by atoms with Crippen molar-refractivity contribution in [3.05, 3.63) is 47.3 Å². The van der Waals surface area contributed by atoms with E-state index < -0.39 is 25.8 Å². The molecule has 1 fully saturated rings. The van der Waals surface area contributed by atoms with Gasteiger partial charge >= 0.3 is 0 Å². The number of fused-ring (bicyclic) bond motifs is 1. The molecule has 9 nitrogen and oxygen atoms in total. The summed E-state index contributed by atoms with van der Waals surface area (Å²) in [7, 11) is -5.56. The number of benzene rings is 2. The van der Waals surface area contributed by atoms with E-state index in [0.717, 1.165) is 6.26 Å². The number of hydrogen-bond donors (Lipinski definition) is 0. The molecule has 2 heterocycles. The maximum Gasteiger partial charge on any atom is 0.251 e. The molecule has 2 aromatic carbocycles. The van der Waals surface area contributed by atoms with Crippen molar-refractivity contribution in [1.29, 1.82) is 0 Å². The number of ether oxygens (including phenoxy) is 1. The topological polar surface area (TPSA) is 115 Å². The molecule has 0 atom stereocenters. The monoisotopic (exact) mass is 547 g/mol. The van der Waals surface area contributed by atoms with Crippen molar-refractivity contribution in [1.82, 2.24) is 8.87 Å². The minimum atomic E-state index is -3.68. The van der Waals surface area contributed by atoms with Gasteiger partial charge < -0.3 is 9.30 Å². The molecule has 0 unspecified atom stereocenters. The van der Waals surface area contributed by atoms with Gasteiger partial charge in [-0.25, -0.2) is 16.8 Å². The zero-order valence-corrected chi connectivity index (χ0v) is 22.2. The molecule has 1 aromatic heterocycles. The first-order valence-electron chi connectivity index (χ1n) is 11.0. The molecule has 0 N–H and O–H groups in total. The Morgan fingerprint density at radius 3 is 2.33 bits per heavy atom. The van der Waals surface area contributed by atoms with Crippen molar-refractivity contribution >= 4 is 47.3 Å². The third-order valence-corrected chi connectivity index (χ3v) is 10.1. The van der Waals surface area contributed by atoms with Gasteiger partial charge in [0.2, 0.25) is 10.0 Å². The van der Waals surface area contributed by atoms with Crippen molar-refractivity contribution in [3.63, 3.8) is 0 Å². The summed E-state index contributed by atoms with van der Waals surface area (Å²) >= 11 is 1.19. The third-order valence-electron chi connectivity index (χ3n) is 6.04. The maximum atomic E-state index is 13.0. The number of hydrogen-bond acceptors (Lipinski definition) is 7. The Labute approximate surface area is 214 Å². The molecule has 0 spiro atoms. The number of thiazole rings is 1. The maximum absolute atomic E-state index is 13.0. The minimum absolute atomic E-state index is 0.170. The number of sulfone groups is 1. The van der Waals surface area contributed by atoms with Gasteiger partial charge in [-0.3, -0.25) is 4.79 Å². The van der Waals surface area contributed by atoms with Crippen LogP contribution in [0.3, 0.4) is 0 Å². The number of rotatable bonds is 6. The number of aromatic nitrogens is 1. The number of amides is 1. The molecule has 0 aliphatic carbocycles. The Hall–Kier alpha value is -2.98. The van der Waals surface area contributed by atoms with E-state index in [4.69, 9.17) is 11.2 Å². The van der Waals surface area contributed by atoms with Gasteiger partial charge in [0.25, 0.3) is 5.91 Å². The van der Waals surface area contributed by atoms with Crippen molar-refractivity contribution in [2.75, 3.05) is 26.5 Å². The average molecular weight is 548 g/mol. The van der Waals surface area contributed by atoms with Crippen molar-refractivity contribution in [2.24, 2.45) is 10.9 Å². The zero-order chi connectivity index (χ0) is 26.1. The quantitative estimate of drug-likeness (QED) is 0.438. The molecule has 1 saturated heterocycles. The van der Waals surface area contributed by atoms with Crippen molar-refractivity contribution in [3.8, 4) is 18.1 Å². The van der Waals surface area contributed by atoms with Gasteiger partial charge in [0.05, 0.1) is 33.7 Å².